The van der Waals surface area contributed by atoms with Gasteiger partial charge in [0.2, 0.25) is 5.91 Å². The fourth-order valence-electron chi connectivity index (χ4n) is 2.46. The van der Waals surface area contributed by atoms with Crippen LogP contribution in [0.4, 0.5) is 4.79 Å². The molecular weight excluding hydrogens is 314 g/mol. The molecule has 24 heavy (non-hydrogen) atoms. The van der Waals surface area contributed by atoms with Crippen LogP contribution in [0.3, 0.4) is 0 Å². The van der Waals surface area contributed by atoms with E-state index < -0.39 is 18.0 Å². The fraction of sp³-hybridized carbons (Fsp3) is 0.267. The third-order valence-electron chi connectivity index (χ3n) is 3.71. The molecule has 1 aliphatic heterocycles. The minimum Gasteiger partial charge on any atom is -0.338 e. The second-order valence-corrected chi connectivity index (χ2v) is 5.50. The quantitative estimate of drug-likeness (QED) is 0.651. The molecule has 124 valence electrons. The average molecular weight is 329 g/mol. The molecular formula is C15H15N5O4. The van der Waals surface area contributed by atoms with Crippen molar-refractivity contribution in [3.8, 4) is 0 Å². The van der Waals surface area contributed by atoms with Gasteiger partial charge in [0.1, 0.15) is 11.9 Å². The van der Waals surface area contributed by atoms with Crippen molar-refractivity contribution in [1.82, 2.24) is 25.5 Å². The zero-order valence-electron chi connectivity index (χ0n) is 12.8. The Balaban J connectivity index is 1.71. The first kappa shape index (κ1) is 15.7. The maximum Gasteiger partial charge on any atom is 0.322 e. The van der Waals surface area contributed by atoms with E-state index in [4.69, 9.17) is 0 Å². The first-order valence-corrected chi connectivity index (χ1v) is 7.27. The minimum atomic E-state index is -0.879. The highest BCUT2D eigenvalue weighted by molar-refractivity contribution is 6.05. The van der Waals surface area contributed by atoms with E-state index in [1.165, 1.54) is 11.9 Å². The predicted octanol–water partition coefficient (Wildman–Crippen LogP) is -0.520. The van der Waals surface area contributed by atoms with Gasteiger partial charge in [-0.2, -0.15) is 0 Å². The number of nitrogens with zero attached hydrogens (tertiary/aromatic N) is 2. The number of nitrogens with one attached hydrogen (secondary N) is 3. The van der Waals surface area contributed by atoms with Crippen molar-refractivity contribution in [2.45, 2.75) is 19.0 Å². The lowest BCUT2D eigenvalue weighted by Gasteiger charge is -2.18. The molecule has 0 saturated carbocycles. The summed E-state index contributed by atoms with van der Waals surface area (Å²) in [5.74, 6) is -0.540. The van der Waals surface area contributed by atoms with E-state index >= 15 is 0 Å². The van der Waals surface area contributed by atoms with Gasteiger partial charge in [-0.3, -0.25) is 19.7 Å². The van der Waals surface area contributed by atoms with Crippen molar-refractivity contribution in [3.05, 3.63) is 40.4 Å². The Morgan fingerprint density at radius 3 is 2.71 bits per heavy atom. The van der Waals surface area contributed by atoms with Crippen molar-refractivity contribution in [1.29, 1.82) is 0 Å². The zero-order valence-corrected chi connectivity index (χ0v) is 12.8. The van der Waals surface area contributed by atoms with Crippen LogP contribution in [0.15, 0.2) is 29.1 Å². The van der Waals surface area contributed by atoms with Crippen molar-refractivity contribution in [2.24, 2.45) is 0 Å². The van der Waals surface area contributed by atoms with Gasteiger partial charge in [0, 0.05) is 7.05 Å². The van der Waals surface area contributed by atoms with Gasteiger partial charge in [0.05, 0.1) is 23.9 Å². The highest BCUT2D eigenvalue weighted by Gasteiger charge is 2.32. The lowest BCUT2D eigenvalue weighted by atomic mass is 10.2. The predicted molar refractivity (Wildman–Crippen MR) is 83.9 cm³/mol. The normalized spacial score (nSPS) is 16.8. The Kier molecular flexibility index (Phi) is 3.98. The monoisotopic (exact) mass is 329 g/mol. The van der Waals surface area contributed by atoms with Gasteiger partial charge in [-0.25, -0.2) is 9.78 Å². The van der Waals surface area contributed by atoms with E-state index in [9.17, 15) is 19.2 Å². The number of imide groups is 1. The molecule has 1 aromatic carbocycles. The van der Waals surface area contributed by atoms with E-state index in [1.807, 2.05) is 0 Å². The summed E-state index contributed by atoms with van der Waals surface area (Å²) in [5.41, 5.74) is 0.262. The van der Waals surface area contributed by atoms with Crippen LogP contribution in [-0.2, 0) is 16.1 Å². The maximum atomic E-state index is 12.2. The molecule has 0 bridgehead atoms. The number of benzene rings is 1. The van der Waals surface area contributed by atoms with Crippen molar-refractivity contribution in [2.75, 3.05) is 7.05 Å². The first-order chi connectivity index (χ1) is 11.4. The number of para-hydroxylation sites is 1. The molecule has 9 heteroatoms. The first-order valence-electron chi connectivity index (χ1n) is 7.27. The van der Waals surface area contributed by atoms with Crippen LogP contribution < -0.4 is 16.2 Å². The van der Waals surface area contributed by atoms with Gasteiger partial charge in [0.15, 0.2) is 0 Å². The second kappa shape index (κ2) is 6.11. The highest BCUT2D eigenvalue weighted by Crippen LogP contribution is 2.08. The summed E-state index contributed by atoms with van der Waals surface area (Å²) in [6.45, 7) is 0.0845. The van der Waals surface area contributed by atoms with Gasteiger partial charge < -0.3 is 15.2 Å². The lowest BCUT2D eigenvalue weighted by molar-refractivity contribution is -0.133. The summed E-state index contributed by atoms with van der Waals surface area (Å²) < 4.78 is 0. The summed E-state index contributed by atoms with van der Waals surface area (Å²) in [4.78, 5) is 55.0. The Morgan fingerprint density at radius 2 is 2.00 bits per heavy atom. The number of H-pyrrole nitrogens is 1. The molecule has 3 N–H and O–H groups in total. The fourth-order valence-corrected chi connectivity index (χ4v) is 2.46. The number of hydrogen-bond donors (Lipinski definition) is 3. The lowest BCUT2D eigenvalue weighted by Crippen LogP contribution is -2.37. The number of fused-ring (bicyclic) bond motifs is 1. The molecule has 1 unspecified atom stereocenters. The molecule has 1 saturated heterocycles. The molecule has 9 nitrogen and oxygen atoms in total. The standard InChI is InChI=1S/C15H15N5O4/c1-20(12(21)6-10-14(23)19-15(24)17-10)7-11-16-9-5-3-2-4-8(9)13(22)18-11/h2-5,10H,6-7H2,1H3,(H,16,18,22)(H2,17,19,23,24). The Bertz CT molecular complexity index is 891. The van der Waals surface area contributed by atoms with Crippen LogP contribution in [0.25, 0.3) is 10.9 Å². The van der Waals surface area contributed by atoms with E-state index in [0.717, 1.165) is 0 Å². The number of rotatable bonds is 4. The van der Waals surface area contributed by atoms with Gasteiger partial charge in [-0.1, -0.05) is 12.1 Å². The second-order valence-electron chi connectivity index (χ2n) is 5.50. The Hall–Kier alpha value is -3.23. The molecule has 4 amide bonds. The van der Waals surface area contributed by atoms with Crippen molar-refractivity contribution < 1.29 is 14.4 Å². The van der Waals surface area contributed by atoms with Crippen molar-refractivity contribution in [3.63, 3.8) is 0 Å². The van der Waals surface area contributed by atoms with Crippen LogP contribution in [0.2, 0.25) is 0 Å². The Morgan fingerprint density at radius 1 is 1.25 bits per heavy atom. The number of aromatic amines is 1. The number of amides is 4. The van der Waals surface area contributed by atoms with E-state index in [1.54, 1.807) is 24.3 Å². The number of hydrogen-bond acceptors (Lipinski definition) is 5. The molecule has 2 aromatic rings. The molecule has 0 spiro atoms. The van der Waals surface area contributed by atoms with Crippen molar-refractivity contribution >= 4 is 28.7 Å². The molecule has 1 fully saturated rings. The third-order valence-corrected chi connectivity index (χ3v) is 3.71. The molecule has 0 aliphatic carbocycles. The zero-order chi connectivity index (χ0) is 17.3. The number of carbonyl (C=O) groups is 3. The van der Waals surface area contributed by atoms with Gasteiger partial charge >= 0.3 is 6.03 Å². The number of carbonyl (C=O) groups excluding carboxylic acids is 3. The molecule has 2 heterocycles. The van der Waals surface area contributed by atoms with Gasteiger partial charge in [-0.05, 0) is 12.1 Å². The van der Waals surface area contributed by atoms with Crippen LogP contribution in [0, 0.1) is 0 Å². The maximum absolute atomic E-state index is 12.2. The summed E-state index contributed by atoms with van der Waals surface area (Å²) >= 11 is 0. The highest BCUT2D eigenvalue weighted by atomic mass is 16.2. The minimum absolute atomic E-state index is 0.0845. The Labute approximate surface area is 136 Å². The average Bonchev–Trinajstić information content (AvgIpc) is 2.85. The van der Waals surface area contributed by atoms with Crippen LogP contribution >= 0.6 is 0 Å². The summed E-state index contributed by atoms with van der Waals surface area (Å²) in [6.07, 6.45) is -0.161. The number of urea groups is 1. The molecule has 3 rings (SSSR count). The molecule has 0 radical (unpaired) electrons. The molecule has 1 aliphatic rings. The smallest absolute Gasteiger partial charge is 0.322 e. The number of aromatic nitrogens is 2. The summed E-state index contributed by atoms with van der Waals surface area (Å²) in [7, 11) is 1.53. The van der Waals surface area contributed by atoms with E-state index in [-0.39, 0.29) is 24.4 Å². The van der Waals surface area contributed by atoms with Crippen LogP contribution in [0.5, 0.6) is 0 Å². The largest absolute Gasteiger partial charge is 0.338 e. The summed E-state index contributed by atoms with van der Waals surface area (Å²) in [6, 6.07) is 5.41. The van der Waals surface area contributed by atoms with Gasteiger partial charge in [-0.15, -0.1) is 0 Å². The topological polar surface area (TPSA) is 124 Å². The molecule has 1 aromatic heterocycles. The molecule has 1 atom stereocenters. The van der Waals surface area contributed by atoms with Crippen LogP contribution in [0.1, 0.15) is 12.2 Å². The van der Waals surface area contributed by atoms with Crippen LogP contribution in [-0.4, -0.2) is 45.8 Å². The SMILES string of the molecule is CN(Cc1nc2ccccc2c(=O)[nH]1)C(=O)CC1NC(=O)NC1=O. The van der Waals surface area contributed by atoms with E-state index in [0.29, 0.717) is 16.7 Å². The van der Waals surface area contributed by atoms with Gasteiger partial charge in [0.25, 0.3) is 11.5 Å². The third kappa shape index (κ3) is 3.09. The van der Waals surface area contributed by atoms with E-state index in [2.05, 4.69) is 20.6 Å². The summed E-state index contributed by atoms with van der Waals surface area (Å²) in [5, 5.41) is 4.91.